The third-order valence-corrected chi connectivity index (χ3v) is 2.41. The zero-order valence-corrected chi connectivity index (χ0v) is 10.8. The fraction of sp³-hybridized carbons (Fsp3) is 0.455. The number of aromatic amines is 2. The molecule has 4 N–H and O–H groups in total. The van der Waals surface area contributed by atoms with Gasteiger partial charge in [0.25, 0.3) is 5.56 Å². The number of amides is 1. The van der Waals surface area contributed by atoms with Crippen molar-refractivity contribution in [2.45, 2.75) is 18.9 Å². The van der Waals surface area contributed by atoms with E-state index in [2.05, 4.69) is 10.3 Å². The topological polar surface area (TPSA) is 141 Å². The van der Waals surface area contributed by atoms with E-state index in [0.717, 1.165) is 6.07 Å². The van der Waals surface area contributed by atoms with Gasteiger partial charge in [-0.1, -0.05) is 0 Å². The molecule has 9 nitrogen and oxygen atoms in total. The molecule has 0 saturated carbocycles. The van der Waals surface area contributed by atoms with Gasteiger partial charge in [-0.05, 0) is 0 Å². The first-order chi connectivity index (χ1) is 9.42. The van der Waals surface area contributed by atoms with Crippen molar-refractivity contribution >= 4 is 11.9 Å². The Morgan fingerprint density at radius 2 is 2.10 bits per heavy atom. The number of aromatic nitrogens is 2. The van der Waals surface area contributed by atoms with E-state index in [1.165, 1.54) is 7.11 Å². The predicted octanol–water partition coefficient (Wildman–Crippen LogP) is -1.79. The molecule has 9 heteroatoms. The van der Waals surface area contributed by atoms with Crippen molar-refractivity contribution < 1.29 is 19.4 Å². The van der Waals surface area contributed by atoms with Gasteiger partial charge in [-0.15, -0.1) is 0 Å². The number of rotatable bonds is 7. The van der Waals surface area contributed by atoms with Gasteiger partial charge in [-0.2, -0.15) is 0 Å². The van der Waals surface area contributed by atoms with Crippen molar-refractivity contribution in [3.05, 3.63) is 32.6 Å². The van der Waals surface area contributed by atoms with Crippen molar-refractivity contribution in [3.63, 3.8) is 0 Å². The Hall–Kier alpha value is -2.42. The largest absolute Gasteiger partial charge is 0.480 e. The summed E-state index contributed by atoms with van der Waals surface area (Å²) in [5, 5.41) is 11.2. The molecule has 0 spiro atoms. The minimum atomic E-state index is -1.19. The molecule has 1 aromatic rings. The molecule has 0 aliphatic heterocycles. The van der Waals surface area contributed by atoms with Crippen LogP contribution in [0.4, 0.5) is 0 Å². The van der Waals surface area contributed by atoms with Crippen LogP contribution in [0.25, 0.3) is 0 Å². The van der Waals surface area contributed by atoms with Crippen LogP contribution in [0, 0.1) is 0 Å². The second-order valence-electron chi connectivity index (χ2n) is 4.03. The van der Waals surface area contributed by atoms with Gasteiger partial charge in [0.15, 0.2) is 0 Å². The lowest BCUT2D eigenvalue weighted by Crippen LogP contribution is -2.42. The summed E-state index contributed by atoms with van der Waals surface area (Å²) in [5.74, 6) is -1.80. The molecule has 1 aromatic heterocycles. The van der Waals surface area contributed by atoms with E-state index < -0.39 is 29.2 Å². The molecule has 1 heterocycles. The summed E-state index contributed by atoms with van der Waals surface area (Å²) in [6, 6.07) is -0.0255. The van der Waals surface area contributed by atoms with Crippen molar-refractivity contribution in [1.29, 1.82) is 0 Å². The number of methoxy groups -OCH3 is 1. The van der Waals surface area contributed by atoms with Crippen LogP contribution in [0.1, 0.15) is 12.1 Å². The maximum atomic E-state index is 11.7. The monoisotopic (exact) mass is 285 g/mol. The third-order valence-electron chi connectivity index (χ3n) is 2.41. The first-order valence-electron chi connectivity index (χ1n) is 5.76. The number of ether oxygens (including phenoxy) is 1. The van der Waals surface area contributed by atoms with Gasteiger partial charge < -0.3 is 20.1 Å². The van der Waals surface area contributed by atoms with Gasteiger partial charge in [0.2, 0.25) is 5.91 Å². The van der Waals surface area contributed by atoms with E-state index in [1.807, 2.05) is 4.98 Å². The second kappa shape index (κ2) is 7.24. The average molecular weight is 285 g/mol. The maximum absolute atomic E-state index is 11.7. The molecule has 0 radical (unpaired) electrons. The molecule has 0 fully saturated rings. The molecule has 1 atom stereocenters. The van der Waals surface area contributed by atoms with Crippen LogP contribution >= 0.6 is 0 Å². The van der Waals surface area contributed by atoms with E-state index in [9.17, 15) is 19.2 Å². The maximum Gasteiger partial charge on any atom is 0.326 e. The van der Waals surface area contributed by atoms with E-state index >= 15 is 0 Å². The van der Waals surface area contributed by atoms with Crippen molar-refractivity contribution in [1.82, 2.24) is 15.3 Å². The lowest BCUT2D eigenvalue weighted by molar-refractivity contribution is -0.142. The molecular formula is C11H15N3O6. The molecule has 1 amide bonds. The van der Waals surface area contributed by atoms with E-state index in [-0.39, 0.29) is 25.1 Å². The highest BCUT2D eigenvalue weighted by molar-refractivity contribution is 5.84. The first-order valence-corrected chi connectivity index (χ1v) is 5.76. The summed E-state index contributed by atoms with van der Waals surface area (Å²) in [5.41, 5.74) is -1.26. The van der Waals surface area contributed by atoms with Gasteiger partial charge in [-0.3, -0.25) is 14.6 Å². The number of aliphatic carboxylic acids is 1. The number of hydrogen-bond acceptors (Lipinski definition) is 5. The highest BCUT2D eigenvalue weighted by Gasteiger charge is 2.19. The van der Waals surface area contributed by atoms with Crippen molar-refractivity contribution in [2.24, 2.45) is 0 Å². The summed E-state index contributed by atoms with van der Waals surface area (Å²) in [7, 11) is 1.42. The zero-order valence-electron chi connectivity index (χ0n) is 10.8. The summed E-state index contributed by atoms with van der Waals surface area (Å²) in [4.78, 5) is 48.9. The van der Waals surface area contributed by atoms with Crippen LogP contribution in [-0.2, 0) is 20.7 Å². The smallest absolute Gasteiger partial charge is 0.326 e. The van der Waals surface area contributed by atoms with Gasteiger partial charge >= 0.3 is 11.7 Å². The van der Waals surface area contributed by atoms with Gasteiger partial charge in [0.05, 0.1) is 6.42 Å². The Morgan fingerprint density at radius 3 is 2.65 bits per heavy atom. The fourth-order valence-corrected chi connectivity index (χ4v) is 1.53. The third kappa shape index (κ3) is 5.06. The van der Waals surface area contributed by atoms with E-state index in [4.69, 9.17) is 9.84 Å². The van der Waals surface area contributed by atoms with Crippen molar-refractivity contribution in [2.75, 3.05) is 13.7 Å². The minimum absolute atomic E-state index is 0.104. The second-order valence-corrected chi connectivity index (χ2v) is 4.03. The molecule has 20 heavy (non-hydrogen) atoms. The number of carbonyl (C=O) groups excluding carboxylic acids is 1. The molecule has 0 saturated heterocycles. The predicted molar refractivity (Wildman–Crippen MR) is 67.4 cm³/mol. The Bertz CT molecular complexity index is 562. The fourth-order valence-electron chi connectivity index (χ4n) is 1.53. The molecule has 110 valence electrons. The number of H-pyrrole nitrogens is 2. The lowest BCUT2D eigenvalue weighted by Gasteiger charge is -2.13. The van der Waals surface area contributed by atoms with Gasteiger partial charge in [-0.25, -0.2) is 9.59 Å². The molecular weight excluding hydrogens is 270 g/mol. The number of hydrogen-bond donors (Lipinski definition) is 4. The number of carboxylic acid groups (broad SMARTS) is 1. The first kappa shape index (κ1) is 15.6. The van der Waals surface area contributed by atoms with Gasteiger partial charge in [0, 0.05) is 31.9 Å². The lowest BCUT2D eigenvalue weighted by atomic mass is 10.2. The van der Waals surface area contributed by atoms with Crippen LogP contribution in [0.5, 0.6) is 0 Å². The summed E-state index contributed by atoms with van der Waals surface area (Å²) >= 11 is 0. The van der Waals surface area contributed by atoms with E-state index in [0.29, 0.717) is 0 Å². The Balaban J connectivity index is 2.67. The SMILES string of the molecule is COCCC(NC(=O)Cc1cc(=O)[nH]c(=O)[nH]1)C(=O)O. The minimum Gasteiger partial charge on any atom is -0.480 e. The molecule has 1 rings (SSSR count). The Labute approximate surface area is 113 Å². The Morgan fingerprint density at radius 1 is 1.40 bits per heavy atom. The highest BCUT2D eigenvalue weighted by atomic mass is 16.5. The zero-order chi connectivity index (χ0) is 15.1. The number of carboxylic acids is 1. The molecule has 0 bridgehead atoms. The van der Waals surface area contributed by atoms with Crippen LogP contribution in [-0.4, -0.2) is 46.7 Å². The van der Waals surface area contributed by atoms with Crippen LogP contribution in [0.3, 0.4) is 0 Å². The molecule has 0 aliphatic carbocycles. The quantitative estimate of drug-likeness (QED) is 0.466. The van der Waals surface area contributed by atoms with Gasteiger partial charge in [0.1, 0.15) is 6.04 Å². The molecule has 0 aliphatic rings. The van der Waals surface area contributed by atoms with E-state index in [1.54, 1.807) is 0 Å². The van der Waals surface area contributed by atoms with Crippen LogP contribution in [0.15, 0.2) is 15.7 Å². The summed E-state index contributed by atoms with van der Waals surface area (Å²) < 4.78 is 4.75. The number of carbonyl (C=O) groups is 2. The normalized spacial score (nSPS) is 11.8. The Kier molecular flexibility index (Phi) is 5.66. The van der Waals surface area contributed by atoms with Crippen LogP contribution in [0.2, 0.25) is 0 Å². The van der Waals surface area contributed by atoms with Crippen molar-refractivity contribution in [3.8, 4) is 0 Å². The molecule has 1 unspecified atom stereocenters. The average Bonchev–Trinajstić information content (AvgIpc) is 2.32. The summed E-state index contributed by atoms with van der Waals surface area (Å²) in [6.45, 7) is 0.180. The molecule has 0 aromatic carbocycles. The standard InChI is InChI=1S/C11H15N3O6/c1-20-3-2-7(10(17)18)13-8(15)4-6-5-9(16)14-11(19)12-6/h5,7H,2-4H2,1H3,(H,13,15)(H,17,18)(H2,12,14,16,19). The highest BCUT2D eigenvalue weighted by Crippen LogP contribution is 1.95. The summed E-state index contributed by atoms with van der Waals surface area (Å²) in [6.07, 6.45) is -0.181. The number of nitrogens with one attached hydrogen (secondary N) is 3. The van der Waals surface area contributed by atoms with Crippen LogP contribution < -0.4 is 16.6 Å².